The Morgan fingerprint density at radius 2 is 1.55 bits per heavy atom. The third-order valence-electron chi connectivity index (χ3n) is 6.09. The summed E-state index contributed by atoms with van der Waals surface area (Å²) in [5, 5.41) is 1.03. The van der Waals surface area contributed by atoms with Gasteiger partial charge in [-0.25, -0.2) is 0 Å². The number of hydrogen-bond donors (Lipinski definition) is 0. The van der Waals surface area contributed by atoms with Gasteiger partial charge >= 0.3 is 0 Å². The second-order valence-corrected chi connectivity index (χ2v) is 12.8. The Labute approximate surface area is 192 Å². The lowest BCUT2D eigenvalue weighted by molar-refractivity contribution is 0.112. The number of rotatable bonds is 8. The van der Waals surface area contributed by atoms with Gasteiger partial charge in [-0.05, 0) is 28.1 Å². The molecule has 0 saturated heterocycles. The second-order valence-electron chi connectivity index (χ2n) is 10.9. The number of unbranched alkanes of at least 4 members (excludes halogenated alkanes) is 1. The number of methoxy groups -OCH3 is 1. The third kappa shape index (κ3) is 5.98. The van der Waals surface area contributed by atoms with Crippen molar-refractivity contribution in [2.45, 2.75) is 90.6 Å². The van der Waals surface area contributed by atoms with E-state index in [1.807, 2.05) is 18.2 Å². The Morgan fingerprint density at radius 3 is 2.06 bits per heavy atom. The predicted molar refractivity (Wildman–Crippen MR) is 137 cm³/mol. The number of carbonyl (C=O) groups excluding carboxylic acids is 1. The minimum atomic E-state index is -0.109. The number of carbonyl (C=O) groups is 1. The number of benzene rings is 2. The summed E-state index contributed by atoms with van der Waals surface area (Å²) in [5.74, 6) is 1.01. The van der Waals surface area contributed by atoms with Crippen molar-refractivity contribution in [3.63, 3.8) is 0 Å². The zero-order valence-electron chi connectivity index (χ0n) is 21.0. The molecular formula is C28H41O2P. The van der Waals surface area contributed by atoms with Crippen molar-refractivity contribution in [3.05, 3.63) is 58.7 Å². The summed E-state index contributed by atoms with van der Waals surface area (Å²) < 4.78 is 6.13. The maximum absolute atomic E-state index is 11.7. The van der Waals surface area contributed by atoms with Crippen LogP contribution in [-0.2, 0) is 16.0 Å². The van der Waals surface area contributed by atoms with Crippen LogP contribution in [0, 0.1) is 0 Å². The lowest BCUT2D eigenvalue weighted by Gasteiger charge is -2.37. The standard InChI is InChI=1S/C28H41O2P/c1-10-11-16-28(8,31-24-15-13-12-14-20(24)19-29)23-18-21(26(2,3)4)17-22(25(23)30-9)27(5,6)7/h12-15,17-19,31H,10-11,16H2,1-9H3. The molecule has 0 bridgehead atoms. The van der Waals surface area contributed by atoms with Crippen LogP contribution in [0.1, 0.15) is 102 Å². The third-order valence-corrected chi connectivity index (χ3v) is 7.89. The molecule has 0 radical (unpaired) electrons. The molecule has 2 nitrogen and oxygen atoms in total. The maximum atomic E-state index is 11.7. The summed E-state index contributed by atoms with van der Waals surface area (Å²) in [5.41, 5.74) is 4.68. The molecule has 2 rings (SSSR count). The van der Waals surface area contributed by atoms with Gasteiger partial charge in [0.1, 0.15) is 5.75 Å². The fourth-order valence-corrected chi connectivity index (χ4v) is 5.74. The van der Waals surface area contributed by atoms with Crippen molar-refractivity contribution in [2.75, 3.05) is 7.11 Å². The Balaban J connectivity index is 2.81. The Bertz CT molecular complexity index is 902. The van der Waals surface area contributed by atoms with Gasteiger partial charge in [-0.1, -0.05) is 113 Å². The second kappa shape index (κ2) is 9.86. The van der Waals surface area contributed by atoms with Crippen LogP contribution in [0.5, 0.6) is 5.75 Å². The molecule has 0 heterocycles. The molecule has 2 aromatic carbocycles. The van der Waals surface area contributed by atoms with Crippen molar-refractivity contribution in [1.82, 2.24) is 0 Å². The van der Waals surface area contributed by atoms with Crippen molar-refractivity contribution in [1.29, 1.82) is 0 Å². The topological polar surface area (TPSA) is 26.3 Å². The molecular weight excluding hydrogens is 399 g/mol. The lowest BCUT2D eigenvalue weighted by Crippen LogP contribution is -2.26. The van der Waals surface area contributed by atoms with Gasteiger partial charge in [-0.3, -0.25) is 4.79 Å². The summed E-state index contributed by atoms with van der Waals surface area (Å²) in [6, 6.07) is 12.7. The minimum absolute atomic E-state index is 0.0309. The van der Waals surface area contributed by atoms with Crippen LogP contribution in [0.4, 0.5) is 0 Å². The first-order valence-corrected chi connectivity index (χ1v) is 12.4. The van der Waals surface area contributed by atoms with E-state index in [0.717, 1.165) is 42.2 Å². The van der Waals surface area contributed by atoms with Crippen LogP contribution in [0.25, 0.3) is 0 Å². The van der Waals surface area contributed by atoms with Crippen LogP contribution in [0.15, 0.2) is 36.4 Å². The van der Waals surface area contributed by atoms with E-state index in [-0.39, 0.29) is 16.0 Å². The van der Waals surface area contributed by atoms with Crippen LogP contribution in [0.2, 0.25) is 0 Å². The van der Waals surface area contributed by atoms with E-state index in [1.54, 1.807) is 7.11 Å². The van der Waals surface area contributed by atoms with E-state index >= 15 is 0 Å². The van der Waals surface area contributed by atoms with Crippen LogP contribution >= 0.6 is 8.58 Å². The molecule has 0 aliphatic carbocycles. The Kier molecular flexibility index (Phi) is 8.15. The summed E-state index contributed by atoms with van der Waals surface area (Å²) in [4.78, 5) is 11.7. The van der Waals surface area contributed by atoms with Crippen molar-refractivity contribution < 1.29 is 9.53 Å². The van der Waals surface area contributed by atoms with E-state index in [9.17, 15) is 4.79 Å². The van der Waals surface area contributed by atoms with E-state index in [1.165, 1.54) is 16.7 Å². The van der Waals surface area contributed by atoms with E-state index in [0.29, 0.717) is 8.58 Å². The number of ether oxygens (including phenoxy) is 1. The summed E-state index contributed by atoms with van der Waals surface area (Å²) in [6.07, 6.45) is 4.33. The molecule has 0 fully saturated rings. The first-order chi connectivity index (χ1) is 14.4. The van der Waals surface area contributed by atoms with Gasteiger partial charge in [0.15, 0.2) is 6.29 Å². The highest BCUT2D eigenvalue weighted by Crippen LogP contribution is 2.52. The molecule has 0 aliphatic heterocycles. The summed E-state index contributed by atoms with van der Waals surface area (Å²) in [6.45, 7) is 18.2. The highest BCUT2D eigenvalue weighted by molar-refractivity contribution is 7.48. The molecule has 0 aromatic heterocycles. The zero-order valence-corrected chi connectivity index (χ0v) is 22.0. The first-order valence-electron chi connectivity index (χ1n) is 11.4. The maximum Gasteiger partial charge on any atom is 0.150 e. The van der Waals surface area contributed by atoms with Gasteiger partial charge in [-0.2, -0.15) is 0 Å². The van der Waals surface area contributed by atoms with Gasteiger partial charge in [0.25, 0.3) is 0 Å². The zero-order chi connectivity index (χ0) is 23.4. The van der Waals surface area contributed by atoms with E-state index < -0.39 is 0 Å². The SMILES string of the molecule is CCCCC(C)(Pc1ccccc1C=O)c1cc(C(C)(C)C)cc(C(C)(C)C)c1OC. The van der Waals surface area contributed by atoms with Crippen molar-refractivity contribution in [2.24, 2.45) is 0 Å². The van der Waals surface area contributed by atoms with Gasteiger partial charge in [0.05, 0.1) is 7.11 Å². The summed E-state index contributed by atoms with van der Waals surface area (Å²) in [7, 11) is 2.29. The molecule has 170 valence electrons. The molecule has 0 spiro atoms. The molecule has 0 amide bonds. The monoisotopic (exact) mass is 440 g/mol. The van der Waals surface area contributed by atoms with Gasteiger partial charge in [0, 0.05) is 21.8 Å². The van der Waals surface area contributed by atoms with Crippen LogP contribution in [0.3, 0.4) is 0 Å². The Morgan fingerprint density at radius 1 is 0.935 bits per heavy atom. The molecule has 2 unspecified atom stereocenters. The van der Waals surface area contributed by atoms with Gasteiger partial charge in [0.2, 0.25) is 0 Å². The fraction of sp³-hybridized carbons (Fsp3) is 0.536. The average Bonchev–Trinajstić information content (AvgIpc) is 2.70. The molecule has 2 aromatic rings. The summed E-state index contributed by atoms with van der Waals surface area (Å²) >= 11 is 0. The highest BCUT2D eigenvalue weighted by atomic mass is 31.1. The van der Waals surface area contributed by atoms with Gasteiger partial charge in [-0.15, -0.1) is 0 Å². The molecule has 0 saturated carbocycles. The van der Waals surface area contributed by atoms with E-state index in [2.05, 4.69) is 73.6 Å². The normalized spacial score (nSPS) is 14.6. The smallest absolute Gasteiger partial charge is 0.150 e. The number of aldehydes is 1. The van der Waals surface area contributed by atoms with Crippen LogP contribution in [-0.4, -0.2) is 13.4 Å². The molecule has 0 N–H and O–H groups in total. The average molecular weight is 441 g/mol. The quantitative estimate of drug-likeness (QED) is 0.313. The largest absolute Gasteiger partial charge is 0.496 e. The number of hydrogen-bond acceptors (Lipinski definition) is 2. The van der Waals surface area contributed by atoms with E-state index in [4.69, 9.17) is 4.74 Å². The van der Waals surface area contributed by atoms with Crippen molar-refractivity contribution in [3.8, 4) is 5.75 Å². The molecule has 0 aliphatic rings. The molecule has 3 heteroatoms. The highest BCUT2D eigenvalue weighted by Gasteiger charge is 2.35. The predicted octanol–water partition coefficient (Wildman–Crippen LogP) is 7.51. The molecule has 31 heavy (non-hydrogen) atoms. The molecule has 2 atom stereocenters. The lowest BCUT2D eigenvalue weighted by atomic mass is 9.76. The van der Waals surface area contributed by atoms with Crippen LogP contribution < -0.4 is 10.0 Å². The Hall–Kier alpha value is -1.66. The first kappa shape index (κ1) is 25.6. The minimum Gasteiger partial charge on any atom is -0.496 e. The fourth-order valence-electron chi connectivity index (χ4n) is 4.05. The van der Waals surface area contributed by atoms with Gasteiger partial charge < -0.3 is 4.74 Å². The van der Waals surface area contributed by atoms with Crippen molar-refractivity contribution >= 4 is 20.2 Å².